The van der Waals surface area contributed by atoms with Crippen molar-refractivity contribution in [3.63, 3.8) is 0 Å². The molecule has 1 N–H and O–H groups in total. The van der Waals surface area contributed by atoms with Gasteiger partial charge in [-0.3, -0.25) is 9.59 Å². The Morgan fingerprint density at radius 2 is 1.77 bits per heavy atom. The van der Waals surface area contributed by atoms with Crippen LogP contribution in [0.3, 0.4) is 0 Å². The normalized spacial score (nSPS) is 18.9. The van der Waals surface area contributed by atoms with Gasteiger partial charge in [-0.15, -0.1) is 0 Å². The van der Waals surface area contributed by atoms with E-state index in [0.29, 0.717) is 12.2 Å². The van der Waals surface area contributed by atoms with E-state index < -0.39 is 0 Å². The molecule has 4 rings (SSSR count). The van der Waals surface area contributed by atoms with Crippen molar-refractivity contribution in [2.24, 2.45) is 5.92 Å². The number of nitrogens with zero attached hydrogens (tertiary/aromatic N) is 3. The number of hydrogen-bond donors (Lipinski definition) is 1. The predicted octanol–water partition coefficient (Wildman–Crippen LogP) is 3.53. The Hall–Kier alpha value is -2.83. The molecule has 1 aliphatic carbocycles. The van der Waals surface area contributed by atoms with Gasteiger partial charge in [-0.25, -0.2) is 14.4 Å². The summed E-state index contributed by atoms with van der Waals surface area (Å²) in [6.07, 6.45) is 4.23. The molecule has 1 aromatic heterocycles. The molecular weight excluding hydrogens is 383 g/mol. The number of nitrogens with one attached hydrogen (secondary N) is 1. The molecule has 0 spiro atoms. The maximum atomic E-state index is 13.0. The monoisotopic (exact) mass is 410 g/mol. The summed E-state index contributed by atoms with van der Waals surface area (Å²) in [5.41, 5.74) is 2.93. The van der Waals surface area contributed by atoms with Gasteiger partial charge >= 0.3 is 0 Å². The van der Waals surface area contributed by atoms with E-state index in [9.17, 15) is 14.0 Å². The summed E-state index contributed by atoms with van der Waals surface area (Å²) in [5, 5.41) is 2.78. The highest BCUT2D eigenvalue weighted by molar-refractivity contribution is 5.92. The van der Waals surface area contributed by atoms with Crippen molar-refractivity contribution in [2.45, 2.75) is 51.9 Å². The smallest absolute Gasteiger partial charge is 0.228 e. The Balaban J connectivity index is 1.41. The van der Waals surface area contributed by atoms with E-state index in [-0.39, 0.29) is 35.9 Å². The van der Waals surface area contributed by atoms with Gasteiger partial charge in [-0.05, 0) is 57.4 Å². The number of carbonyl (C=O) groups excluding carboxylic acids is 2. The summed E-state index contributed by atoms with van der Waals surface area (Å²) in [6.45, 7) is 5.23. The van der Waals surface area contributed by atoms with Crippen LogP contribution in [0, 0.1) is 25.6 Å². The third kappa shape index (κ3) is 4.35. The van der Waals surface area contributed by atoms with Crippen LogP contribution >= 0.6 is 0 Å². The molecular formula is C23H27FN4O2. The van der Waals surface area contributed by atoms with E-state index in [0.717, 1.165) is 55.0 Å². The van der Waals surface area contributed by atoms with Crippen molar-refractivity contribution in [1.82, 2.24) is 14.9 Å². The summed E-state index contributed by atoms with van der Waals surface area (Å²) in [4.78, 5) is 36.3. The molecule has 0 radical (unpaired) electrons. The van der Waals surface area contributed by atoms with Gasteiger partial charge < -0.3 is 10.2 Å². The van der Waals surface area contributed by atoms with Crippen LogP contribution in [0.5, 0.6) is 0 Å². The first-order chi connectivity index (χ1) is 14.4. The summed E-state index contributed by atoms with van der Waals surface area (Å²) >= 11 is 0. The number of amides is 2. The molecule has 1 aliphatic heterocycles. The predicted molar refractivity (Wildman–Crippen MR) is 112 cm³/mol. The number of anilines is 1. The fraction of sp³-hybridized carbons (Fsp3) is 0.478. The Morgan fingerprint density at radius 1 is 1.10 bits per heavy atom. The molecule has 2 aliphatic rings. The zero-order valence-electron chi connectivity index (χ0n) is 17.4. The summed E-state index contributed by atoms with van der Waals surface area (Å²) in [6, 6.07) is 5.68. The number of halogens is 1. The molecule has 158 valence electrons. The molecule has 2 aromatic rings. The molecule has 2 fully saturated rings. The number of rotatable bonds is 5. The van der Waals surface area contributed by atoms with Crippen LogP contribution in [-0.2, 0) is 16.0 Å². The number of benzene rings is 1. The highest BCUT2D eigenvalue weighted by Crippen LogP contribution is 2.32. The van der Waals surface area contributed by atoms with Crippen LogP contribution in [0.2, 0.25) is 0 Å². The summed E-state index contributed by atoms with van der Waals surface area (Å²) in [7, 11) is 0. The largest absolute Gasteiger partial charge is 0.342 e. The van der Waals surface area contributed by atoms with Crippen LogP contribution in [-0.4, -0.2) is 39.8 Å². The van der Waals surface area contributed by atoms with Gasteiger partial charge in [-0.2, -0.15) is 0 Å². The van der Waals surface area contributed by atoms with Crippen LogP contribution < -0.4 is 5.32 Å². The third-order valence-electron chi connectivity index (χ3n) is 6.22. The second-order valence-corrected chi connectivity index (χ2v) is 8.36. The first-order valence-corrected chi connectivity index (χ1v) is 10.6. The van der Waals surface area contributed by atoms with E-state index in [2.05, 4.69) is 15.3 Å². The van der Waals surface area contributed by atoms with Gasteiger partial charge in [0, 0.05) is 47.6 Å². The standard InChI is InChI=1S/C23H27FN4O2/c1-14-20(12-21(29)27-19-8-6-18(24)7-9-19)15(2)26-22(25-14)17-10-11-28(13-17)23(30)16-4-3-5-16/h6-9,16-17H,3-5,10-13H2,1-2H3,(H,27,29). The van der Waals surface area contributed by atoms with Crippen molar-refractivity contribution >= 4 is 17.5 Å². The van der Waals surface area contributed by atoms with Gasteiger partial charge in [0.15, 0.2) is 0 Å². The third-order valence-corrected chi connectivity index (χ3v) is 6.22. The number of aromatic nitrogens is 2. The molecule has 1 atom stereocenters. The van der Waals surface area contributed by atoms with E-state index in [1.807, 2.05) is 18.7 Å². The van der Waals surface area contributed by atoms with Crippen molar-refractivity contribution in [1.29, 1.82) is 0 Å². The second-order valence-electron chi connectivity index (χ2n) is 8.36. The molecule has 1 saturated heterocycles. The lowest BCUT2D eigenvalue weighted by Crippen LogP contribution is -2.37. The first-order valence-electron chi connectivity index (χ1n) is 10.6. The second kappa shape index (κ2) is 8.50. The Kier molecular flexibility index (Phi) is 5.79. The minimum Gasteiger partial charge on any atom is -0.342 e. The minimum absolute atomic E-state index is 0.147. The SMILES string of the molecule is Cc1nc(C2CCN(C(=O)C3CCC3)C2)nc(C)c1CC(=O)Nc1ccc(F)cc1. The maximum Gasteiger partial charge on any atom is 0.228 e. The van der Waals surface area contributed by atoms with Crippen molar-refractivity contribution in [2.75, 3.05) is 18.4 Å². The van der Waals surface area contributed by atoms with Gasteiger partial charge in [0.05, 0.1) is 6.42 Å². The molecule has 0 bridgehead atoms. The van der Waals surface area contributed by atoms with Crippen LogP contribution in [0.15, 0.2) is 24.3 Å². The maximum absolute atomic E-state index is 13.0. The fourth-order valence-corrected chi connectivity index (χ4v) is 4.19. The lowest BCUT2D eigenvalue weighted by molar-refractivity contribution is -0.137. The molecule has 1 aromatic carbocycles. The molecule has 7 heteroatoms. The topological polar surface area (TPSA) is 75.2 Å². The lowest BCUT2D eigenvalue weighted by atomic mass is 9.84. The zero-order valence-corrected chi connectivity index (χ0v) is 17.4. The van der Waals surface area contributed by atoms with E-state index >= 15 is 0 Å². The number of carbonyl (C=O) groups is 2. The van der Waals surface area contributed by atoms with Crippen LogP contribution in [0.1, 0.15) is 54.4 Å². The van der Waals surface area contributed by atoms with Crippen LogP contribution in [0.4, 0.5) is 10.1 Å². The quantitative estimate of drug-likeness (QED) is 0.818. The van der Waals surface area contributed by atoms with Gasteiger partial charge in [0.1, 0.15) is 11.6 Å². The number of likely N-dealkylation sites (tertiary alicyclic amines) is 1. The Bertz CT molecular complexity index is 933. The van der Waals surface area contributed by atoms with E-state index in [1.165, 1.54) is 24.3 Å². The fourth-order valence-electron chi connectivity index (χ4n) is 4.19. The minimum atomic E-state index is -0.344. The average Bonchev–Trinajstić information content (AvgIpc) is 3.15. The molecule has 2 amide bonds. The summed E-state index contributed by atoms with van der Waals surface area (Å²) in [5.74, 6) is 0.873. The van der Waals surface area contributed by atoms with Crippen LogP contribution in [0.25, 0.3) is 0 Å². The van der Waals surface area contributed by atoms with E-state index in [4.69, 9.17) is 0 Å². The van der Waals surface area contributed by atoms with Gasteiger partial charge in [0.25, 0.3) is 0 Å². The van der Waals surface area contributed by atoms with Crippen molar-refractivity contribution < 1.29 is 14.0 Å². The summed E-state index contributed by atoms with van der Waals surface area (Å²) < 4.78 is 13.0. The van der Waals surface area contributed by atoms with Gasteiger partial charge in [-0.1, -0.05) is 6.42 Å². The van der Waals surface area contributed by atoms with Crippen molar-refractivity contribution in [3.05, 3.63) is 52.9 Å². The highest BCUT2D eigenvalue weighted by atomic mass is 19.1. The van der Waals surface area contributed by atoms with E-state index in [1.54, 1.807) is 0 Å². The first kappa shape index (κ1) is 20.4. The number of hydrogen-bond acceptors (Lipinski definition) is 4. The zero-order chi connectivity index (χ0) is 21.3. The molecule has 1 unspecified atom stereocenters. The Morgan fingerprint density at radius 3 is 2.37 bits per heavy atom. The average molecular weight is 410 g/mol. The lowest BCUT2D eigenvalue weighted by Gasteiger charge is -2.29. The Labute approximate surface area is 175 Å². The highest BCUT2D eigenvalue weighted by Gasteiger charge is 2.35. The molecule has 1 saturated carbocycles. The molecule has 2 heterocycles. The van der Waals surface area contributed by atoms with Gasteiger partial charge in [0.2, 0.25) is 11.8 Å². The molecule has 6 nitrogen and oxygen atoms in total. The number of aryl methyl sites for hydroxylation is 2. The molecule has 30 heavy (non-hydrogen) atoms. The van der Waals surface area contributed by atoms with Crippen molar-refractivity contribution in [3.8, 4) is 0 Å².